The van der Waals surface area contributed by atoms with Crippen molar-refractivity contribution in [2.45, 2.75) is 75.8 Å². The van der Waals surface area contributed by atoms with E-state index in [1.807, 2.05) is 0 Å². The Balaban J connectivity index is 2.27. The molecule has 0 saturated carbocycles. The SMILES string of the molecule is CCCCCCC[C@@H](O)[C@H]1N[C@H](CO)[C@@H](O)[C@@H]1O. The van der Waals surface area contributed by atoms with Gasteiger partial charge in [-0.2, -0.15) is 0 Å². The van der Waals surface area contributed by atoms with Crippen LogP contribution < -0.4 is 5.32 Å². The largest absolute Gasteiger partial charge is 0.395 e. The lowest BCUT2D eigenvalue weighted by Crippen LogP contribution is -2.44. The second-order valence-electron chi connectivity index (χ2n) is 5.23. The highest BCUT2D eigenvalue weighted by atomic mass is 16.3. The predicted molar refractivity (Wildman–Crippen MR) is 69.2 cm³/mol. The summed E-state index contributed by atoms with van der Waals surface area (Å²) in [7, 11) is 0. The standard InChI is InChI=1S/C13H27NO4/c1-2-3-4-5-6-7-10(16)11-13(18)12(17)9(8-15)14-11/h9-18H,2-8H2,1H3/t9-,10-,11-,12-,13-/m1/s1. The number of hydrogen-bond acceptors (Lipinski definition) is 5. The molecule has 5 heteroatoms. The summed E-state index contributed by atoms with van der Waals surface area (Å²) in [5.74, 6) is 0. The maximum atomic E-state index is 9.99. The molecule has 1 heterocycles. The normalized spacial score (nSPS) is 33.8. The van der Waals surface area contributed by atoms with Crippen molar-refractivity contribution in [3.05, 3.63) is 0 Å². The van der Waals surface area contributed by atoms with Crippen molar-refractivity contribution < 1.29 is 20.4 Å². The highest BCUT2D eigenvalue weighted by molar-refractivity contribution is 5.00. The van der Waals surface area contributed by atoms with Gasteiger partial charge in [-0.25, -0.2) is 0 Å². The molecule has 0 unspecified atom stereocenters. The van der Waals surface area contributed by atoms with Crippen molar-refractivity contribution in [1.82, 2.24) is 5.32 Å². The Kier molecular flexibility index (Phi) is 7.11. The van der Waals surface area contributed by atoms with Gasteiger partial charge in [0.25, 0.3) is 0 Å². The first kappa shape index (κ1) is 15.9. The number of nitrogens with one attached hydrogen (secondary N) is 1. The van der Waals surface area contributed by atoms with E-state index in [1.165, 1.54) is 19.3 Å². The van der Waals surface area contributed by atoms with Crippen molar-refractivity contribution >= 4 is 0 Å². The summed E-state index contributed by atoms with van der Waals surface area (Å²) < 4.78 is 0. The molecule has 1 aliphatic heterocycles. The van der Waals surface area contributed by atoms with Gasteiger partial charge < -0.3 is 25.7 Å². The van der Waals surface area contributed by atoms with Crippen LogP contribution in [0.5, 0.6) is 0 Å². The zero-order chi connectivity index (χ0) is 13.5. The van der Waals surface area contributed by atoms with E-state index in [4.69, 9.17) is 5.11 Å². The molecule has 0 amide bonds. The zero-order valence-corrected chi connectivity index (χ0v) is 11.1. The van der Waals surface area contributed by atoms with Crippen LogP contribution in [0, 0.1) is 0 Å². The lowest BCUT2D eigenvalue weighted by molar-refractivity contribution is -0.00443. The van der Waals surface area contributed by atoms with Crippen LogP contribution in [0.3, 0.4) is 0 Å². The van der Waals surface area contributed by atoms with Crippen LogP contribution in [-0.4, -0.2) is 57.4 Å². The number of unbranched alkanes of at least 4 members (excludes halogenated alkanes) is 4. The third-order valence-electron chi connectivity index (χ3n) is 3.75. The molecule has 0 aromatic rings. The van der Waals surface area contributed by atoms with Gasteiger partial charge in [-0.1, -0.05) is 39.0 Å². The smallest absolute Gasteiger partial charge is 0.0993 e. The minimum atomic E-state index is -1.01. The molecular weight excluding hydrogens is 234 g/mol. The van der Waals surface area contributed by atoms with E-state index in [2.05, 4.69) is 12.2 Å². The molecule has 108 valence electrons. The zero-order valence-electron chi connectivity index (χ0n) is 11.1. The maximum Gasteiger partial charge on any atom is 0.0993 e. The lowest BCUT2D eigenvalue weighted by atomic mass is 9.99. The molecule has 5 N–H and O–H groups in total. The molecule has 5 atom stereocenters. The molecule has 5 nitrogen and oxygen atoms in total. The number of hydrogen-bond donors (Lipinski definition) is 5. The molecule has 1 rings (SSSR count). The van der Waals surface area contributed by atoms with Gasteiger partial charge in [0.15, 0.2) is 0 Å². The summed E-state index contributed by atoms with van der Waals surface area (Å²) in [4.78, 5) is 0. The van der Waals surface area contributed by atoms with Gasteiger partial charge in [0.05, 0.1) is 37.0 Å². The van der Waals surface area contributed by atoms with Gasteiger partial charge in [0.2, 0.25) is 0 Å². The minimum absolute atomic E-state index is 0.238. The predicted octanol–water partition coefficient (Wildman–Crippen LogP) is -0.238. The number of aliphatic hydroxyl groups excluding tert-OH is 4. The van der Waals surface area contributed by atoms with Gasteiger partial charge >= 0.3 is 0 Å². The highest BCUT2D eigenvalue weighted by Crippen LogP contribution is 2.20. The van der Waals surface area contributed by atoms with E-state index in [1.54, 1.807) is 0 Å². The first-order chi connectivity index (χ1) is 8.61. The fraction of sp³-hybridized carbons (Fsp3) is 1.00. The Bertz CT molecular complexity index is 227. The Morgan fingerprint density at radius 2 is 1.72 bits per heavy atom. The van der Waals surface area contributed by atoms with Gasteiger partial charge in [0, 0.05) is 0 Å². The van der Waals surface area contributed by atoms with Crippen molar-refractivity contribution in [2.75, 3.05) is 6.61 Å². The van der Waals surface area contributed by atoms with Crippen molar-refractivity contribution in [3.63, 3.8) is 0 Å². The van der Waals surface area contributed by atoms with Gasteiger partial charge in [-0.15, -0.1) is 0 Å². The Labute approximate surface area is 109 Å². The minimum Gasteiger partial charge on any atom is -0.395 e. The van der Waals surface area contributed by atoms with Gasteiger partial charge in [0.1, 0.15) is 0 Å². The fourth-order valence-corrected chi connectivity index (χ4v) is 2.53. The summed E-state index contributed by atoms with van der Waals surface area (Å²) >= 11 is 0. The van der Waals surface area contributed by atoms with Crippen LogP contribution in [-0.2, 0) is 0 Å². The van der Waals surface area contributed by atoms with E-state index in [-0.39, 0.29) is 6.61 Å². The first-order valence-corrected chi connectivity index (χ1v) is 7.03. The van der Waals surface area contributed by atoms with Crippen molar-refractivity contribution in [3.8, 4) is 0 Å². The van der Waals surface area contributed by atoms with Gasteiger partial charge in [-0.05, 0) is 6.42 Å². The molecule has 0 aliphatic carbocycles. The Hall–Kier alpha value is -0.200. The summed E-state index contributed by atoms with van der Waals surface area (Å²) in [5.41, 5.74) is 0. The molecule has 0 aromatic carbocycles. The average molecular weight is 261 g/mol. The monoisotopic (exact) mass is 261 g/mol. The highest BCUT2D eigenvalue weighted by Gasteiger charge is 2.43. The molecule has 1 aliphatic rings. The molecule has 0 bridgehead atoms. The van der Waals surface area contributed by atoms with E-state index < -0.39 is 30.4 Å². The maximum absolute atomic E-state index is 9.99. The van der Waals surface area contributed by atoms with Crippen LogP contribution in [0.25, 0.3) is 0 Å². The third kappa shape index (κ3) is 4.17. The van der Waals surface area contributed by atoms with Gasteiger partial charge in [-0.3, -0.25) is 0 Å². The van der Waals surface area contributed by atoms with E-state index in [0.717, 1.165) is 12.8 Å². The number of aliphatic hydroxyl groups is 4. The average Bonchev–Trinajstić information content (AvgIpc) is 2.65. The first-order valence-electron chi connectivity index (χ1n) is 7.03. The van der Waals surface area contributed by atoms with Crippen molar-refractivity contribution in [1.29, 1.82) is 0 Å². The molecule has 18 heavy (non-hydrogen) atoms. The van der Waals surface area contributed by atoms with Crippen LogP contribution in [0.4, 0.5) is 0 Å². The second-order valence-corrected chi connectivity index (χ2v) is 5.23. The third-order valence-corrected chi connectivity index (χ3v) is 3.75. The van der Waals surface area contributed by atoms with E-state index in [0.29, 0.717) is 6.42 Å². The van der Waals surface area contributed by atoms with Crippen molar-refractivity contribution in [2.24, 2.45) is 0 Å². The van der Waals surface area contributed by atoms with Crippen LogP contribution in [0.1, 0.15) is 45.4 Å². The Morgan fingerprint density at radius 3 is 2.28 bits per heavy atom. The quantitative estimate of drug-likeness (QED) is 0.389. The molecule has 1 saturated heterocycles. The Morgan fingerprint density at radius 1 is 1.06 bits per heavy atom. The molecule has 0 radical (unpaired) electrons. The van der Waals surface area contributed by atoms with Crippen LogP contribution in [0.2, 0.25) is 0 Å². The fourth-order valence-electron chi connectivity index (χ4n) is 2.53. The lowest BCUT2D eigenvalue weighted by Gasteiger charge is -2.22. The molecule has 1 fully saturated rings. The van der Waals surface area contributed by atoms with Crippen LogP contribution in [0.15, 0.2) is 0 Å². The topological polar surface area (TPSA) is 93.0 Å². The van der Waals surface area contributed by atoms with E-state index in [9.17, 15) is 15.3 Å². The van der Waals surface area contributed by atoms with E-state index >= 15 is 0 Å². The molecule has 0 aromatic heterocycles. The molecule has 0 spiro atoms. The summed E-state index contributed by atoms with van der Waals surface area (Å²) in [5, 5.41) is 41.3. The summed E-state index contributed by atoms with van der Waals surface area (Å²) in [6, 6.07) is -1.08. The molecular formula is C13H27NO4. The number of rotatable bonds is 8. The van der Waals surface area contributed by atoms with Crippen LogP contribution >= 0.6 is 0 Å². The second kappa shape index (κ2) is 8.07. The summed E-state index contributed by atoms with van der Waals surface area (Å²) in [6.45, 7) is 1.92. The summed E-state index contributed by atoms with van der Waals surface area (Å²) in [6.07, 6.45) is 3.51.